The SMILES string of the molecule is COc1ccc(Cn2nnnc2[C@H](C(C)C)N2CCN(c3ccc([N+](=O)[O-])cc3)CC2)cc1. The van der Waals surface area contributed by atoms with Gasteiger partial charge in [0, 0.05) is 44.0 Å². The molecule has 2 heterocycles. The maximum atomic E-state index is 10.9. The molecule has 10 heteroatoms. The molecule has 0 radical (unpaired) electrons. The minimum absolute atomic E-state index is 0.0947. The number of rotatable bonds is 8. The molecular weight excluding hydrogens is 422 g/mol. The van der Waals surface area contributed by atoms with Gasteiger partial charge in [0.1, 0.15) is 5.75 Å². The van der Waals surface area contributed by atoms with Crippen molar-refractivity contribution in [2.75, 3.05) is 38.2 Å². The highest BCUT2D eigenvalue weighted by molar-refractivity contribution is 5.51. The van der Waals surface area contributed by atoms with Crippen LogP contribution in [0.25, 0.3) is 0 Å². The summed E-state index contributed by atoms with van der Waals surface area (Å²) in [5.41, 5.74) is 2.22. The third-order valence-electron chi connectivity index (χ3n) is 6.08. The lowest BCUT2D eigenvalue weighted by atomic mass is 10.0. The van der Waals surface area contributed by atoms with E-state index in [-0.39, 0.29) is 16.7 Å². The van der Waals surface area contributed by atoms with Crippen molar-refractivity contribution in [3.05, 3.63) is 70.0 Å². The molecule has 0 aliphatic carbocycles. The highest BCUT2D eigenvalue weighted by Gasteiger charge is 2.31. The topological polar surface area (TPSA) is 102 Å². The van der Waals surface area contributed by atoms with Crippen LogP contribution in [0.1, 0.15) is 31.3 Å². The quantitative estimate of drug-likeness (QED) is 0.380. The Morgan fingerprint density at radius 3 is 2.27 bits per heavy atom. The van der Waals surface area contributed by atoms with E-state index in [1.165, 1.54) is 0 Å². The van der Waals surface area contributed by atoms with E-state index in [4.69, 9.17) is 4.74 Å². The summed E-state index contributed by atoms with van der Waals surface area (Å²) in [5.74, 6) is 2.02. The molecule has 2 aromatic carbocycles. The molecule has 4 rings (SSSR count). The van der Waals surface area contributed by atoms with Gasteiger partial charge in [-0.25, -0.2) is 4.68 Å². The van der Waals surface area contributed by atoms with Gasteiger partial charge in [-0.15, -0.1) is 5.10 Å². The summed E-state index contributed by atoms with van der Waals surface area (Å²) in [6, 6.07) is 14.8. The number of non-ortho nitro benzene ring substituents is 1. The Hall–Kier alpha value is -3.53. The number of nitro benzene ring substituents is 1. The van der Waals surface area contributed by atoms with E-state index in [9.17, 15) is 10.1 Å². The normalized spacial score (nSPS) is 15.6. The van der Waals surface area contributed by atoms with Gasteiger partial charge in [0.25, 0.3) is 5.69 Å². The Kier molecular flexibility index (Phi) is 6.83. The number of hydrogen-bond donors (Lipinski definition) is 0. The lowest BCUT2D eigenvalue weighted by Gasteiger charge is -2.41. The van der Waals surface area contributed by atoms with Crippen LogP contribution in [0.15, 0.2) is 48.5 Å². The number of piperazine rings is 1. The van der Waals surface area contributed by atoms with E-state index in [2.05, 4.69) is 39.2 Å². The van der Waals surface area contributed by atoms with Gasteiger partial charge in [-0.3, -0.25) is 15.0 Å². The third-order valence-corrected chi connectivity index (χ3v) is 6.08. The first-order chi connectivity index (χ1) is 16.0. The first-order valence-corrected chi connectivity index (χ1v) is 11.1. The molecule has 1 aliphatic rings. The van der Waals surface area contributed by atoms with Crippen LogP contribution in [-0.4, -0.2) is 63.3 Å². The summed E-state index contributed by atoms with van der Waals surface area (Å²) < 4.78 is 7.13. The average molecular weight is 452 g/mol. The minimum atomic E-state index is -0.370. The number of ether oxygens (including phenoxy) is 1. The van der Waals surface area contributed by atoms with Gasteiger partial charge in [0.05, 0.1) is 24.6 Å². The number of anilines is 1. The molecule has 3 aromatic rings. The Bertz CT molecular complexity index is 1060. The van der Waals surface area contributed by atoms with Crippen molar-refractivity contribution >= 4 is 11.4 Å². The highest BCUT2D eigenvalue weighted by Crippen LogP contribution is 2.29. The fraction of sp³-hybridized carbons (Fsp3) is 0.435. The van der Waals surface area contributed by atoms with Gasteiger partial charge in [-0.1, -0.05) is 26.0 Å². The Morgan fingerprint density at radius 2 is 1.70 bits per heavy atom. The fourth-order valence-corrected chi connectivity index (χ4v) is 4.37. The second-order valence-corrected chi connectivity index (χ2v) is 8.53. The second kappa shape index (κ2) is 9.95. The maximum absolute atomic E-state index is 10.9. The molecule has 0 amide bonds. The van der Waals surface area contributed by atoms with E-state index >= 15 is 0 Å². The maximum Gasteiger partial charge on any atom is 0.269 e. The van der Waals surface area contributed by atoms with E-state index in [0.717, 1.165) is 49.0 Å². The van der Waals surface area contributed by atoms with Gasteiger partial charge in [-0.2, -0.15) is 0 Å². The second-order valence-electron chi connectivity index (χ2n) is 8.53. The van der Waals surface area contributed by atoms with Gasteiger partial charge < -0.3 is 9.64 Å². The monoisotopic (exact) mass is 451 g/mol. The zero-order chi connectivity index (χ0) is 23.4. The smallest absolute Gasteiger partial charge is 0.269 e. The van der Waals surface area contributed by atoms with Crippen LogP contribution < -0.4 is 9.64 Å². The number of nitro groups is 1. The summed E-state index contributed by atoms with van der Waals surface area (Å²) >= 11 is 0. The van der Waals surface area contributed by atoms with Crippen molar-refractivity contribution in [3.63, 3.8) is 0 Å². The van der Waals surface area contributed by atoms with Crippen LogP contribution in [0, 0.1) is 16.0 Å². The molecule has 10 nitrogen and oxygen atoms in total. The molecule has 1 saturated heterocycles. The lowest BCUT2D eigenvalue weighted by Crippen LogP contribution is -2.49. The Labute approximate surface area is 192 Å². The van der Waals surface area contributed by atoms with E-state index in [1.807, 2.05) is 41.1 Å². The molecule has 0 bridgehead atoms. The largest absolute Gasteiger partial charge is 0.497 e. The first-order valence-electron chi connectivity index (χ1n) is 11.1. The molecule has 174 valence electrons. The Balaban J connectivity index is 1.45. The molecule has 1 aromatic heterocycles. The number of aromatic nitrogens is 4. The van der Waals surface area contributed by atoms with Crippen molar-refractivity contribution in [2.45, 2.75) is 26.4 Å². The standard InChI is InChI=1S/C23H29N7O3/c1-17(2)22(23-24-25-26-29(23)16-18-4-10-21(33-3)11-5-18)28-14-12-27(13-15-28)19-6-8-20(9-7-19)30(31)32/h4-11,17,22H,12-16H2,1-3H3/t22-/m0/s1. The van der Waals surface area contributed by atoms with E-state index in [0.29, 0.717) is 12.5 Å². The van der Waals surface area contributed by atoms with E-state index in [1.54, 1.807) is 19.2 Å². The zero-order valence-electron chi connectivity index (χ0n) is 19.2. The zero-order valence-corrected chi connectivity index (χ0v) is 19.2. The molecule has 1 aliphatic heterocycles. The molecule has 0 N–H and O–H groups in total. The molecule has 0 saturated carbocycles. The van der Waals surface area contributed by atoms with Crippen molar-refractivity contribution < 1.29 is 9.66 Å². The first kappa shape index (κ1) is 22.7. The number of tetrazole rings is 1. The summed E-state index contributed by atoms with van der Waals surface area (Å²) in [5, 5.41) is 23.6. The predicted molar refractivity (Wildman–Crippen MR) is 124 cm³/mol. The van der Waals surface area contributed by atoms with Crippen LogP contribution in [0.2, 0.25) is 0 Å². The molecular formula is C23H29N7O3. The summed E-state index contributed by atoms with van der Waals surface area (Å²) in [6.45, 7) is 8.37. The number of hydrogen-bond acceptors (Lipinski definition) is 8. The third kappa shape index (κ3) is 5.11. The van der Waals surface area contributed by atoms with Crippen molar-refractivity contribution in [2.24, 2.45) is 5.92 Å². The lowest BCUT2D eigenvalue weighted by molar-refractivity contribution is -0.384. The van der Waals surface area contributed by atoms with Crippen molar-refractivity contribution in [3.8, 4) is 5.75 Å². The fourth-order valence-electron chi connectivity index (χ4n) is 4.37. The van der Waals surface area contributed by atoms with Gasteiger partial charge in [0.2, 0.25) is 0 Å². The molecule has 0 unspecified atom stereocenters. The number of methoxy groups -OCH3 is 1. The van der Waals surface area contributed by atoms with Crippen LogP contribution in [0.4, 0.5) is 11.4 Å². The van der Waals surface area contributed by atoms with Crippen molar-refractivity contribution in [1.29, 1.82) is 0 Å². The van der Waals surface area contributed by atoms with Crippen molar-refractivity contribution in [1.82, 2.24) is 25.1 Å². The number of nitrogens with zero attached hydrogens (tertiary/aromatic N) is 7. The summed E-state index contributed by atoms with van der Waals surface area (Å²) in [7, 11) is 1.66. The number of benzene rings is 2. The molecule has 1 fully saturated rings. The summed E-state index contributed by atoms with van der Waals surface area (Å²) in [6.07, 6.45) is 0. The molecule has 33 heavy (non-hydrogen) atoms. The highest BCUT2D eigenvalue weighted by atomic mass is 16.6. The van der Waals surface area contributed by atoms with E-state index < -0.39 is 0 Å². The average Bonchev–Trinajstić information content (AvgIpc) is 3.27. The Morgan fingerprint density at radius 1 is 1.03 bits per heavy atom. The van der Waals surface area contributed by atoms with Gasteiger partial charge in [0.15, 0.2) is 5.82 Å². The summed E-state index contributed by atoms with van der Waals surface area (Å²) in [4.78, 5) is 15.2. The van der Waals surface area contributed by atoms with Crippen LogP contribution in [-0.2, 0) is 6.54 Å². The van der Waals surface area contributed by atoms with Gasteiger partial charge in [-0.05, 0) is 46.2 Å². The van der Waals surface area contributed by atoms with Crippen LogP contribution in [0.5, 0.6) is 5.75 Å². The van der Waals surface area contributed by atoms with Crippen LogP contribution >= 0.6 is 0 Å². The molecule has 0 spiro atoms. The van der Waals surface area contributed by atoms with Crippen LogP contribution in [0.3, 0.4) is 0 Å². The van der Waals surface area contributed by atoms with Gasteiger partial charge >= 0.3 is 0 Å². The predicted octanol–water partition coefficient (Wildman–Crippen LogP) is 3.16. The molecule has 1 atom stereocenters. The minimum Gasteiger partial charge on any atom is -0.497 e.